The van der Waals surface area contributed by atoms with Crippen molar-refractivity contribution in [2.45, 2.75) is 112 Å². The number of carboxylic acids is 1. The number of carbonyl (C=O) groups excluding carboxylic acids is 1. The topological polar surface area (TPSA) is 105 Å². The Balaban J connectivity index is 0.00000147. The first-order chi connectivity index (χ1) is 26.9. The smallest absolute Gasteiger partial charge is 0.128 e. The van der Waals surface area contributed by atoms with Crippen molar-refractivity contribution in [3.05, 3.63) is 130 Å². The molecule has 0 saturated carbocycles. The molecule has 0 fully saturated rings. The van der Waals surface area contributed by atoms with Crippen LogP contribution in [0.15, 0.2) is 107 Å². The summed E-state index contributed by atoms with van der Waals surface area (Å²) in [7, 11) is 0. The van der Waals surface area contributed by atoms with Gasteiger partial charge in [0.05, 0.1) is 11.4 Å². The molecule has 59 heavy (non-hydrogen) atoms. The molecule has 0 bridgehead atoms. The van der Waals surface area contributed by atoms with Crippen LogP contribution in [0.2, 0.25) is 0 Å². The maximum atomic E-state index is 11.6. The van der Waals surface area contributed by atoms with Crippen LogP contribution in [0.3, 0.4) is 0 Å². The molecule has 0 radical (unpaired) electrons. The van der Waals surface area contributed by atoms with E-state index in [1.165, 1.54) is 0 Å². The summed E-state index contributed by atoms with van der Waals surface area (Å²) in [4.78, 5) is 19.3. The molecule has 0 heterocycles. The molecule has 6 aromatic rings. The number of phenols is 2. The summed E-state index contributed by atoms with van der Waals surface area (Å²) in [5, 5.41) is 36.5. The Morgan fingerprint density at radius 3 is 1.15 bits per heavy atom. The predicted octanol–water partition coefficient (Wildman–Crippen LogP) is 12.5. The van der Waals surface area contributed by atoms with Gasteiger partial charge in [-0.3, -0.25) is 9.98 Å². The van der Waals surface area contributed by atoms with Gasteiger partial charge in [-0.25, -0.2) is 0 Å². The van der Waals surface area contributed by atoms with Crippen molar-refractivity contribution in [2.24, 2.45) is 9.98 Å². The third kappa shape index (κ3) is 10.7. The number of carboxylic acid groups (broad SMARTS) is 1. The van der Waals surface area contributed by atoms with Crippen LogP contribution in [0.4, 0.5) is 11.4 Å². The van der Waals surface area contributed by atoms with Gasteiger partial charge in [0, 0.05) is 69.1 Å². The predicted molar refractivity (Wildman–Crippen MR) is 243 cm³/mol. The molecule has 0 saturated heterocycles. The van der Waals surface area contributed by atoms with Gasteiger partial charge in [-0.2, -0.15) is 0 Å². The molecule has 6 rings (SSSR count). The van der Waals surface area contributed by atoms with Crippen molar-refractivity contribution in [2.75, 3.05) is 0 Å². The van der Waals surface area contributed by atoms with E-state index in [1.807, 2.05) is 12.4 Å². The van der Waals surface area contributed by atoms with Gasteiger partial charge in [0.25, 0.3) is 0 Å². The summed E-state index contributed by atoms with van der Waals surface area (Å²) in [6, 6.07) is 33.5. The minimum atomic E-state index is -1.08. The first kappa shape index (κ1) is 46.5. The van der Waals surface area contributed by atoms with E-state index in [9.17, 15) is 10.2 Å². The van der Waals surface area contributed by atoms with E-state index in [4.69, 9.17) is 19.9 Å². The molecule has 308 valence electrons. The summed E-state index contributed by atoms with van der Waals surface area (Å²) >= 11 is 0. The van der Waals surface area contributed by atoms with Crippen LogP contribution in [0.1, 0.15) is 123 Å². The van der Waals surface area contributed by atoms with Crippen molar-refractivity contribution < 1.29 is 37.5 Å². The Bertz CT molecular complexity index is 2380. The quantitative estimate of drug-likeness (QED) is 0.169. The minimum absolute atomic E-state index is 0. The number of hydrogen-bond donors (Lipinski definition) is 2. The molecular weight excluding hydrogens is 769 g/mol. The van der Waals surface area contributed by atoms with Crippen LogP contribution in [0.5, 0.6) is 11.5 Å². The molecule has 6 aromatic carbocycles. The largest absolute Gasteiger partial charge is 0.550 e. The fourth-order valence-electron chi connectivity index (χ4n) is 7.06. The third-order valence-corrected chi connectivity index (χ3v) is 10.4. The minimum Gasteiger partial charge on any atom is -0.550 e. The number of phenolic OH excluding ortho intramolecular Hbond substituents is 2. The molecule has 0 atom stereocenters. The molecular formula is C52H59CrN2O4-. The second-order valence-corrected chi connectivity index (χ2v) is 19.3. The molecule has 0 amide bonds. The molecule has 7 heteroatoms. The number of nitrogens with zero attached hydrogens (tertiary/aromatic N) is 2. The van der Waals surface area contributed by atoms with E-state index in [0.717, 1.165) is 73.2 Å². The Labute approximate surface area is 361 Å². The zero-order valence-electron chi connectivity index (χ0n) is 36.9. The Hall–Kier alpha value is -5.22. The number of aliphatic imine (C=N–C) groups is 2. The van der Waals surface area contributed by atoms with Gasteiger partial charge < -0.3 is 20.1 Å². The normalized spacial score (nSPS) is 12.5. The fourth-order valence-corrected chi connectivity index (χ4v) is 7.06. The molecule has 0 spiro atoms. The fraction of sp³-hybridized carbons (Fsp3) is 0.327. The molecule has 0 unspecified atom stereocenters. The first-order valence-electron chi connectivity index (χ1n) is 19.9. The van der Waals surface area contributed by atoms with E-state index in [0.29, 0.717) is 11.1 Å². The van der Waals surface area contributed by atoms with E-state index < -0.39 is 5.97 Å². The van der Waals surface area contributed by atoms with Gasteiger partial charge in [-0.1, -0.05) is 156 Å². The Kier molecular flexibility index (Phi) is 13.8. The average Bonchev–Trinajstić information content (AvgIpc) is 3.11. The van der Waals surface area contributed by atoms with E-state index in [1.54, 1.807) is 0 Å². The summed E-state index contributed by atoms with van der Waals surface area (Å²) in [6.45, 7) is 26.9. The second kappa shape index (κ2) is 17.6. The van der Waals surface area contributed by atoms with Crippen LogP contribution in [0, 0.1) is 0 Å². The SMILES string of the molecule is CC(=O)[O-].CC(C)(C)c1cc(C=Nc2ccc3ccccc3c2-c2c(N=Cc3cc(C(C)(C)C)cc(C(C)(C)C)c3O)ccc3ccccc23)c(O)c(C(C)(C)C)c1.[Cr]. The second-order valence-electron chi connectivity index (χ2n) is 19.3. The molecule has 6 nitrogen and oxygen atoms in total. The van der Waals surface area contributed by atoms with E-state index in [2.05, 4.69) is 180 Å². The number of hydrogen-bond acceptors (Lipinski definition) is 6. The molecule has 0 aliphatic carbocycles. The van der Waals surface area contributed by atoms with Gasteiger partial charge in [-0.15, -0.1) is 0 Å². The van der Waals surface area contributed by atoms with Crippen molar-refractivity contribution in [3.8, 4) is 22.6 Å². The Morgan fingerprint density at radius 2 is 0.847 bits per heavy atom. The molecule has 0 aliphatic rings. The zero-order valence-corrected chi connectivity index (χ0v) is 38.2. The summed E-state index contributed by atoms with van der Waals surface area (Å²) in [5.41, 5.74) is 8.16. The number of aromatic hydroxyl groups is 2. The number of fused-ring (bicyclic) bond motifs is 2. The maximum absolute atomic E-state index is 11.6. The summed E-state index contributed by atoms with van der Waals surface area (Å²) in [6.07, 6.45) is 3.62. The summed E-state index contributed by atoms with van der Waals surface area (Å²) in [5.74, 6) is -0.576. The number of aliphatic carboxylic acids is 1. The Morgan fingerprint density at radius 1 is 0.525 bits per heavy atom. The van der Waals surface area contributed by atoms with Crippen LogP contribution in [-0.2, 0) is 43.8 Å². The average molecular weight is 828 g/mol. The van der Waals surface area contributed by atoms with Crippen LogP contribution < -0.4 is 5.11 Å². The number of carbonyl (C=O) groups is 1. The van der Waals surface area contributed by atoms with Crippen LogP contribution in [0.25, 0.3) is 32.7 Å². The number of rotatable bonds is 5. The van der Waals surface area contributed by atoms with Gasteiger partial charge in [0.2, 0.25) is 0 Å². The van der Waals surface area contributed by atoms with Gasteiger partial charge in [-0.05, 0) is 85.5 Å². The molecule has 0 aliphatic heterocycles. The van der Waals surface area contributed by atoms with Crippen molar-refractivity contribution in [3.63, 3.8) is 0 Å². The van der Waals surface area contributed by atoms with Crippen molar-refractivity contribution in [1.82, 2.24) is 0 Å². The van der Waals surface area contributed by atoms with Gasteiger partial charge >= 0.3 is 0 Å². The first-order valence-corrected chi connectivity index (χ1v) is 19.9. The molecule has 2 N–H and O–H groups in total. The standard InChI is InChI=1S/C50H56N2O2.C2H4O2.Cr/c1-47(2,3)35-25-33(45(53)39(27-35)49(7,8)9)29-51-41-23-21-31-17-13-15-19-37(31)43(41)44-38-20-16-14-18-32(38)22-24-42(44)52-30-34-26-36(48(4,5)6)28-40(46(34)54)50(10,11)12;1-2(3)4;/h13-30,53-54H,1-12H3;1H3,(H,3,4);/p-1. The maximum Gasteiger partial charge on any atom is 0.128 e. The number of benzene rings is 6. The van der Waals surface area contributed by atoms with Gasteiger partial charge in [0.1, 0.15) is 11.5 Å². The van der Waals surface area contributed by atoms with Crippen LogP contribution in [-0.4, -0.2) is 28.6 Å². The summed E-state index contributed by atoms with van der Waals surface area (Å²) < 4.78 is 0. The van der Waals surface area contributed by atoms with Gasteiger partial charge in [0.15, 0.2) is 0 Å². The monoisotopic (exact) mass is 827 g/mol. The molecule has 0 aromatic heterocycles. The zero-order chi connectivity index (χ0) is 43.0. The van der Waals surface area contributed by atoms with Crippen molar-refractivity contribution >= 4 is 51.3 Å². The van der Waals surface area contributed by atoms with Crippen molar-refractivity contribution in [1.29, 1.82) is 0 Å². The van der Waals surface area contributed by atoms with Crippen LogP contribution >= 0.6 is 0 Å². The van der Waals surface area contributed by atoms with E-state index >= 15 is 0 Å². The third-order valence-electron chi connectivity index (χ3n) is 10.4. The van der Waals surface area contributed by atoms with E-state index in [-0.39, 0.29) is 50.5 Å².